The molecule has 9 nitrogen and oxygen atoms in total. The van der Waals surface area contributed by atoms with Gasteiger partial charge < -0.3 is 24.8 Å². The highest BCUT2D eigenvalue weighted by Crippen LogP contribution is 2.34. The standard InChI is InChI=1S/C34H30I2N4O5S/c1-3-43-33(42)30-20(2)38-34(46)39-31(30)25-13-6-7-14-28(25)44-19-29(41)40-37-17-21-15-26(35)32(27(36)16-21)45-18-23-11-8-10-22-9-4-5-12-24(22)23/h4-17,31H,3,18-19H2,1-2H3,(H,40,41)(H2,38,39,46)/t31-/m0/s1. The number of hydrogen-bond acceptors (Lipinski definition) is 7. The van der Waals surface area contributed by atoms with Crippen molar-refractivity contribution in [1.82, 2.24) is 16.1 Å². The van der Waals surface area contributed by atoms with Gasteiger partial charge in [0.1, 0.15) is 18.1 Å². The van der Waals surface area contributed by atoms with Crippen LogP contribution in [0.2, 0.25) is 0 Å². The Labute approximate surface area is 299 Å². The van der Waals surface area contributed by atoms with Gasteiger partial charge in [0, 0.05) is 11.3 Å². The fraction of sp³-hybridized carbons (Fsp3) is 0.176. The lowest BCUT2D eigenvalue weighted by Crippen LogP contribution is -2.45. The molecule has 0 radical (unpaired) electrons. The predicted molar refractivity (Wildman–Crippen MR) is 199 cm³/mol. The number of fused-ring (bicyclic) bond motifs is 1. The Morgan fingerprint density at radius 3 is 2.50 bits per heavy atom. The number of esters is 1. The molecular weight excluding hydrogens is 830 g/mol. The van der Waals surface area contributed by atoms with Crippen LogP contribution in [0.5, 0.6) is 11.5 Å². The molecule has 0 saturated carbocycles. The number of nitrogens with one attached hydrogen (secondary N) is 3. The molecule has 1 heterocycles. The van der Waals surface area contributed by atoms with E-state index in [4.69, 9.17) is 26.4 Å². The van der Waals surface area contributed by atoms with Crippen molar-refractivity contribution in [2.24, 2.45) is 5.10 Å². The molecular formula is C34H30I2N4O5S. The van der Waals surface area contributed by atoms with Crippen LogP contribution < -0.4 is 25.5 Å². The normalized spacial score (nSPS) is 14.5. The molecule has 1 aliphatic heterocycles. The Hall–Kier alpha value is -3.76. The summed E-state index contributed by atoms with van der Waals surface area (Å²) in [4.78, 5) is 25.4. The Morgan fingerprint density at radius 2 is 1.72 bits per heavy atom. The quantitative estimate of drug-likeness (QED) is 0.0515. The molecule has 0 aliphatic carbocycles. The van der Waals surface area contributed by atoms with Gasteiger partial charge in [-0.2, -0.15) is 5.10 Å². The maximum absolute atomic E-state index is 12.8. The van der Waals surface area contributed by atoms with E-state index in [1.807, 2.05) is 42.5 Å². The predicted octanol–water partition coefficient (Wildman–Crippen LogP) is 6.51. The molecule has 5 rings (SSSR count). The van der Waals surface area contributed by atoms with E-state index in [0.29, 0.717) is 34.3 Å². The van der Waals surface area contributed by atoms with Crippen molar-refractivity contribution in [1.29, 1.82) is 0 Å². The molecule has 0 fully saturated rings. The molecule has 4 aromatic rings. The zero-order valence-corrected chi connectivity index (χ0v) is 30.1. The van der Waals surface area contributed by atoms with Crippen LogP contribution in [0.3, 0.4) is 0 Å². The third-order valence-corrected chi connectivity index (χ3v) is 8.85. The SMILES string of the molecule is CCOC(=O)C1=C(C)NC(=S)N[C@H]1c1ccccc1OCC(=O)NN=Cc1cc(I)c(OCc2cccc3ccccc23)c(I)c1. The fourth-order valence-electron chi connectivity index (χ4n) is 4.97. The summed E-state index contributed by atoms with van der Waals surface area (Å²) in [6.07, 6.45) is 1.57. The highest BCUT2D eigenvalue weighted by atomic mass is 127. The molecule has 3 N–H and O–H groups in total. The zero-order chi connectivity index (χ0) is 32.6. The first-order valence-electron chi connectivity index (χ1n) is 14.3. The van der Waals surface area contributed by atoms with Gasteiger partial charge in [-0.05, 0) is 111 Å². The molecule has 1 amide bonds. The lowest BCUT2D eigenvalue weighted by molar-refractivity contribution is -0.139. The van der Waals surface area contributed by atoms with E-state index in [0.717, 1.165) is 24.0 Å². The number of allylic oxidation sites excluding steroid dienone is 1. The second kappa shape index (κ2) is 15.7. The van der Waals surface area contributed by atoms with Crippen molar-refractivity contribution in [3.05, 3.63) is 114 Å². The Balaban J connectivity index is 1.20. The van der Waals surface area contributed by atoms with E-state index < -0.39 is 17.9 Å². The maximum atomic E-state index is 12.8. The van der Waals surface area contributed by atoms with Crippen LogP contribution in [0.1, 0.15) is 36.6 Å². The molecule has 0 spiro atoms. The van der Waals surface area contributed by atoms with E-state index in [-0.39, 0.29) is 13.2 Å². The molecule has 0 bridgehead atoms. The number of carbonyl (C=O) groups is 2. The highest BCUT2D eigenvalue weighted by molar-refractivity contribution is 14.1. The third-order valence-electron chi connectivity index (χ3n) is 7.03. The summed E-state index contributed by atoms with van der Waals surface area (Å²) in [5.41, 5.74) is 6.04. The fourth-order valence-corrected chi connectivity index (χ4v) is 7.37. The lowest BCUT2D eigenvalue weighted by Gasteiger charge is -2.30. The number of rotatable bonds is 11. The van der Waals surface area contributed by atoms with Crippen LogP contribution in [0, 0.1) is 7.14 Å². The van der Waals surface area contributed by atoms with Gasteiger partial charge in [-0.1, -0.05) is 60.7 Å². The summed E-state index contributed by atoms with van der Waals surface area (Å²) >= 11 is 9.82. The molecule has 0 unspecified atom stereocenters. The van der Waals surface area contributed by atoms with Crippen LogP contribution >= 0.6 is 57.4 Å². The largest absolute Gasteiger partial charge is 0.487 e. The van der Waals surface area contributed by atoms with Crippen molar-refractivity contribution in [2.45, 2.75) is 26.5 Å². The summed E-state index contributed by atoms with van der Waals surface area (Å²) < 4.78 is 19.2. The molecule has 0 aromatic heterocycles. The molecule has 1 aliphatic rings. The average Bonchev–Trinajstić information content (AvgIpc) is 3.03. The second-order valence-electron chi connectivity index (χ2n) is 10.2. The molecule has 1 atom stereocenters. The summed E-state index contributed by atoms with van der Waals surface area (Å²) in [5.74, 6) is 0.295. The monoisotopic (exact) mass is 860 g/mol. The first-order chi connectivity index (χ1) is 22.2. The van der Waals surface area contributed by atoms with Crippen LogP contribution in [0.25, 0.3) is 10.8 Å². The van der Waals surface area contributed by atoms with E-state index >= 15 is 0 Å². The van der Waals surface area contributed by atoms with Gasteiger partial charge in [0.2, 0.25) is 0 Å². The minimum absolute atomic E-state index is 0.230. The van der Waals surface area contributed by atoms with E-state index in [2.05, 4.69) is 90.6 Å². The molecule has 4 aromatic carbocycles. The van der Waals surface area contributed by atoms with Gasteiger partial charge in [0.05, 0.1) is 31.6 Å². The number of halogens is 2. The van der Waals surface area contributed by atoms with Gasteiger partial charge in [-0.15, -0.1) is 0 Å². The number of ether oxygens (including phenoxy) is 3. The molecule has 236 valence electrons. The maximum Gasteiger partial charge on any atom is 0.338 e. The van der Waals surface area contributed by atoms with Crippen molar-refractivity contribution < 1.29 is 23.8 Å². The van der Waals surface area contributed by atoms with E-state index in [1.165, 1.54) is 10.8 Å². The number of para-hydroxylation sites is 1. The van der Waals surface area contributed by atoms with Crippen molar-refractivity contribution in [3.8, 4) is 11.5 Å². The van der Waals surface area contributed by atoms with Crippen molar-refractivity contribution in [3.63, 3.8) is 0 Å². The van der Waals surface area contributed by atoms with Crippen molar-refractivity contribution >= 4 is 91.4 Å². The minimum Gasteiger partial charge on any atom is -0.487 e. The Kier molecular flexibility index (Phi) is 11.5. The second-order valence-corrected chi connectivity index (χ2v) is 12.9. The summed E-state index contributed by atoms with van der Waals surface area (Å²) in [7, 11) is 0. The third kappa shape index (κ3) is 8.14. The summed E-state index contributed by atoms with van der Waals surface area (Å²) in [6.45, 7) is 3.89. The van der Waals surface area contributed by atoms with E-state index in [1.54, 1.807) is 32.2 Å². The lowest BCUT2D eigenvalue weighted by atomic mass is 9.95. The first-order valence-corrected chi connectivity index (χ1v) is 16.9. The number of thiocarbonyl (C=S) groups is 1. The summed E-state index contributed by atoms with van der Waals surface area (Å²) in [6, 6.07) is 24.9. The molecule has 46 heavy (non-hydrogen) atoms. The number of benzene rings is 4. The number of nitrogens with zero attached hydrogens (tertiary/aromatic N) is 1. The van der Waals surface area contributed by atoms with Gasteiger partial charge in [0.25, 0.3) is 5.91 Å². The van der Waals surface area contributed by atoms with Crippen LogP contribution in [0.15, 0.2) is 95.2 Å². The number of amides is 1. The van der Waals surface area contributed by atoms with Crippen LogP contribution in [-0.2, 0) is 20.9 Å². The molecule has 12 heteroatoms. The minimum atomic E-state index is -0.617. The molecule has 0 saturated heterocycles. The topological polar surface area (TPSA) is 110 Å². The number of carbonyl (C=O) groups excluding carboxylic acids is 2. The van der Waals surface area contributed by atoms with Crippen LogP contribution in [0.4, 0.5) is 0 Å². The average molecular weight is 861 g/mol. The van der Waals surface area contributed by atoms with Gasteiger partial charge in [-0.3, -0.25) is 4.79 Å². The Bertz CT molecular complexity index is 1830. The first kappa shape index (κ1) is 33.6. The van der Waals surface area contributed by atoms with Gasteiger partial charge >= 0.3 is 5.97 Å². The summed E-state index contributed by atoms with van der Waals surface area (Å²) in [5, 5.41) is 12.9. The van der Waals surface area contributed by atoms with Crippen molar-refractivity contribution in [2.75, 3.05) is 13.2 Å². The Morgan fingerprint density at radius 1 is 1.00 bits per heavy atom. The smallest absolute Gasteiger partial charge is 0.338 e. The van der Waals surface area contributed by atoms with Gasteiger partial charge in [0.15, 0.2) is 11.7 Å². The van der Waals surface area contributed by atoms with Gasteiger partial charge in [-0.25, -0.2) is 10.2 Å². The van der Waals surface area contributed by atoms with Crippen LogP contribution in [-0.4, -0.2) is 36.4 Å². The number of hydrazone groups is 1. The number of hydrogen-bond donors (Lipinski definition) is 3. The van der Waals surface area contributed by atoms with E-state index in [9.17, 15) is 9.59 Å². The highest BCUT2D eigenvalue weighted by Gasteiger charge is 2.32. The zero-order valence-electron chi connectivity index (χ0n) is 24.9.